The molecule has 1 amide bonds. The third-order valence-electron chi connectivity index (χ3n) is 3.23. The first-order valence-electron chi connectivity index (χ1n) is 7.49. The minimum absolute atomic E-state index is 0.234. The van der Waals surface area contributed by atoms with Crippen molar-refractivity contribution < 1.29 is 19.4 Å². The number of thioether (sulfide) groups is 1. The van der Waals surface area contributed by atoms with E-state index >= 15 is 0 Å². The molecule has 2 aromatic carbocycles. The first kappa shape index (κ1) is 18.2. The Morgan fingerprint density at radius 2 is 2.04 bits per heavy atom. The Labute approximate surface area is 162 Å². The van der Waals surface area contributed by atoms with Crippen molar-refractivity contribution in [1.82, 2.24) is 5.32 Å². The van der Waals surface area contributed by atoms with E-state index in [1.807, 2.05) is 24.3 Å². The summed E-state index contributed by atoms with van der Waals surface area (Å²) < 4.78 is 6.10. The third kappa shape index (κ3) is 4.96. The number of ether oxygens (including phenoxy) is 1. The van der Waals surface area contributed by atoms with Gasteiger partial charge < -0.3 is 15.2 Å². The van der Waals surface area contributed by atoms with Crippen molar-refractivity contribution >= 4 is 56.5 Å². The molecule has 6 nitrogen and oxygen atoms in total. The van der Waals surface area contributed by atoms with Crippen molar-refractivity contribution in [2.24, 2.45) is 4.99 Å². The molecule has 0 unspecified atom stereocenters. The maximum absolute atomic E-state index is 12.1. The van der Waals surface area contributed by atoms with Gasteiger partial charge in [0.1, 0.15) is 5.75 Å². The second-order valence-electron chi connectivity index (χ2n) is 5.21. The van der Waals surface area contributed by atoms with Gasteiger partial charge in [0.2, 0.25) is 0 Å². The van der Waals surface area contributed by atoms with Crippen LogP contribution in [-0.2, 0) is 9.59 Å². The van der Waals surface area contributed by atoms with Gasteiger partial charge in [-0.3, -0.25) is 4.79 Å². The number of aliphatic carboxylic acids is 1. The topological polar surface area (TPSA) is 88.0 Å². The number of amides is 1. The lowest BCUT2D eigenvalue weighted by Gasteiger charge is -2.03. The largest absolute Gasteiger partial charge is 0.482 e. The average Bonchev–Trinajstić information content (AvgIpc) is 2.95. The maximum atomic E-state index is 12.1. The summed E-state index contributed by atoms with van der Waals surface area (Å²) in [5.41, 5.74) is 1.47. The summed E-state index contributed by atoms with van der Waals surface area (Å²) in [6.07, 6.45) is 1.71. The summed E-state index contributed by atoms with van der Waals surface area (Å²) in [4.78, 5) is 27.6. The molecule has 1 heterocycles. The molecule has 0 spiro atoms. The van der Waals surface area contributed by atoms with E-state index in [9.17, 15) is 9.59 Å². The molecular weight excluding hydrogens is 420 g/mol. The number of hydrogen-bond acceptors (Lipinski definition) is 5. The molecule has 2 aromatic rings. The molecule has 2 N–H and O–H groups in total. The number of hydrogen-bond donors (Lipinski definition) is 2. The number of rotatable bonds is 5. The summed E-state index contributed by atoms with van der Waals surface area (Å²) in [5, 5.41) is 11.9. The van der Waals surface area contributed by atoms with Gasteiger partial charge in [-0.2, -0.15) is 0 Å². The van der Waals surface area contributed by atoms with Gasteiger partial charge in [0.05, 0.1) is 10.6 Å². The van der Waals surface area contributed by atoms with Gasteiger partial charge in [-0.25, -0.2) is 9.79 Å². The molecule has 0 radical (unpaired) electrons. The number of amidine groups is 1. The summed E-state index contributed by atoms with van der Waals surface area (Å²) in [6.45, 7) is -0.417. The Morgan fingerprint density at radius 1 is 1.27 bits per heavy atom. The normalized spacial score (nSPS) is 16.7. The first-order chi connectivity index (χ1) is 12.5. The van der Waals surface area contributed by atoms with Crippen LogP contribution in [0.1, 0.15) is 5.56 Å². The Bertz CT molecular complexity index is 910. The molecule has 3 rings (SSSR count). The summed E-state index contributed by atoms with van der Waals surface area (Å²) in [6, 6.07) is 14.3. The second-order valence-corrected chi connectivity index (χ2v) is 7.16. The van der Waals surface area contributed by atoms with Crippen molar-refractivity contribution in [3.63, 3.8) is 0 Å². The number of nitrogens with zero attached hydrogens (tertiary/aromatic N) is 1. The number of halogens is 1. The molecule has 1 fully saturated rings. The molecule has 132 valence electrons. The highest BCUT2D eigenvalue weighted by Crippen LogP contribution is 2.29. The zero-order valence-corrected chi connectivity index (χ0v) is 15.7. The molecule has 1 aliphatic rings. The first-order valence-corrected chi connectivity index (χ1v) is 9.10. The van der Waals surface area contributed by atoms with E-state index in [2.05, 4.69) is 26.2 Å². The fourth-order valence-electron chi connectivity index (χ4n) is 2.10. The van der Waals surface area contributed by atoms with Gasteiger partial charge in [-0.1, -0.05) is 28.1 Å². The van der Waals surface area contributed by atoms with Crippen molar-refractivity contribution in [2.75, 3.05) is 6.61 Å². The minimum atomic E-state index is -1.05. The molecule has 1 saturated heterocycles. The highest BCUT2D eigenvalue weighted by atomic mass is 79.9. The fraction of sp³-hybridized carbons (Fsp3) is 0.0556. The number of carboxylic acid groups (broad SMARTS) is 1. The van der Waals surface area contributed by atoms with E-state index in [4.69, 9.17) is 9.84 Å². The van der Waals surface area contributed by atoms with Crippen molar-refractivity contribution in [2.45, 2.75) is 0 Å². The third-order valence-corrected chi connectivity index (χ3v) is 4.66. The van der Waals surface area contributed by atoms with Crippen LogP contribution in [0.2, 0.25) is 0 Å². The summed E-state index contributed by atoms with van der Waals surface area (Å²) in [7, 11) is 0. The van der Waals surface area contributed by atoms with E-state index < -0.39 is 12.6 Å². The van der Waals surface area contributed by atoms with Crippen LogP contribution in [0.3, 0.4) is 0 Å². The lowest BCUT2D eigenvalue weighted by Crippen LogP contribution is -2.19. The molecular formula is C18H13BrN2O4S. The minimum Gasteiger partial charge on any atom is -0.482 e. The highest BCUT2D eigenvalue weighted by molar-refractivity contribution is 9.10. The quantitative estimate of drug-likeness (QED) is 0.701. The van der Waals surface area contributed by atoms with Gasteiger partial charge in [-0.15, -0.1) is 0 Å². The summed E-state index contributed by atoms with van der Waals surface area (Å²) >= 11 is 4.60. The lowest BCUT2D eigenvalue weighted by atomic mass is 10.2. The van der Waals surface area contributed by atoms with Gasteiger partial charge in [0, 0.05) is 4.47 Å². The van der Waals surface area contributed by atoms with Crippen LogP contribution in [0.5, 0.6) is 5.75 Å². The Kier molecular flexibility index (Phi) is 5.75. The lowest BCUT2D eigenvalue weighted by molar-refractivity contribution is -0.139. The Hall–Kier alpha value is -2.58. The predicted octanol–water partition coefficient (Wildman–Crippen LogP) is 3.80. The number of carboxylic acids is 1. The van der Waals surface area contributed by atoms with Crippen LogP contribution < -0.4 is 10.1 Å². The van der Waals surface area contributed by atoms with Gasteiger partial charge in [0.15, 0.2) is 11.8 Å². The van der Waals surface area contributed by atoms with Crippen LogP contribution in [0.15, 0.2) is 62.9 Å². The molecule has 26 heavy (non-hydrogen) atoms. The van der Waals surface area contributed by atoms with E-state index in [0.29, 0.717) is 15.8 Å². The van der Waals surface area contributed by atoms with Crippen LogP contribution in [0.4, 0.5) is 5.69 Å². The molecule has 0 aliphatic carbocycles. The van der Waals surface area contributed by atoms with E-state index in [-0.39, 0.29) is 5.91 Å². The number of nitrogens with one attached hydrogen (secondary N) is 1. The van der Waals surface area contributed by atoms with E-state index in [0.717, 1.165) is 15.7 Å². The molecule has 0 aromatic heterocycles. The number of aliphatic imine (C=N–C) groups is 1. The van der Waals surface area contributed by atoms with Crippen LogP contribution >= 0.6 is 27.7 Å². The predicted molar refractivity (Wildman–Crippen MR) is 105 cm³/mol. The number of carbonyl (C=O) groups excluding carboxylic acids is 1. The van der Waals surface area contributed by atoms with Gasteiger partial charge in [-0.05, 0) is 59.8 Å². The van der Waals surface area contributed by atoms with Crippen molar-refractivity contribution in [1.29, 1.82) is 0 Å². The maximum Gasteiger partial charge on any atom is 0.341 e. The second kappa shape index (κ2) is 8.20. The number of benzene rings is 2. The number of carbonyl (C=O) groups is 2. The smallest absolute Gasteiger partial charge is 0.341 e. The Morgan fingerprint density at radius 3 is 2.77 bits per heavy atom. The monoisotopic (exact) mass is 432 g/mol. The molecule has 8 heteroatoms. The molecule has 0 saturated carbocycles. The van der Waals surface area contributed by atoms with Crippen LogP contribution in [-0.4, -0.2) is 28.8 Å². The van der Waals surface area contributed by atoms with Crippen molar-refractivity contribution in [3.8, 4) is 5.75 Å². The fourth-order valence-corrected chi connectivity index (χ4v) is 3.21. The zero-order chi connectivity index (χ0) is 18.5. The molecule has 1 aliphatic heterocycles. The van der Waals surface area contributed by atoms with Gasteiger partial charge >= 0.3 is 5.97 Å². The van der Waals surface area contributed by atoms with E-state index in [1.54, 1.807) is 30.3 Å². The van der Waals surface area contributed by atoms with E-state index in [1.165, 1.54) is 11.8 Å². The van der Waals surface area contributed by atoms with Crippen LogP contribution in [0.25, 0.3) is 6.08 Å². The SMILES string of the molecule is O=C(O)COc1cccc(/C=C2/SC(=Nc3ccc(Br)cc3)NC2=O)c1. The van der Waals surface area contributed by atoms with Crippen LogP contribution in [0, 0.1) is 0 Å². The van der Waals surface area contributed by atoms with Gasteiger partial charge in [0.25, 0.3) is 5.91 Å². The Balaban J connectivity index is 1.75. The molecule has 0 bridgehead atoms. The van der Waals surface area contributed by atoms with Crippen molar-refractivity contribution in [3.05, 3.63) is 63.5 Å². The molecule has 0 atom stereocenters. The average molecular weight is 433 g/mol. The standard InChI is InChI=1S/C18H13BrN2O4S/c19-12-4-6-13(7-5-12)20-18-21-17(24)15(26-18)9-11-2-1-3-14(8-11)25-10-16(22)23/h1-9H,10H2,(H,22,23)(H,20,21,24)/b15-9+. The highest BCUT2D eigenvalue weighted by Gasteiger charge is 2.23. The zero-order valence-electron chi connectivity index (χ0n) is 13.3. The summed E-state index contributed by atoms with van der Waals surface area (Å²) in [5.74, 6) is -0.857.